The van der Waals surface area contributed by atoms with Crippen molar-refractivity contribution in [3.8, 4) is 11.5 Å². The third-order valence-corrected chi connectivity index (χ3v) is 3.17. The first kappa shape index (κ1) is 13.4. The molecule has 0 atom stereocenters. The van der Waals surface area contributed by atoms with E-state index in [1.165, 1.54) is 11.2 Å². The fraction of sp³-hybridized carbons (Fsp3) is 0.286. The molecular weight excluding hydrogens is 270 g/mol. The lowest BCUT2D eigenvalue weighted by atomic mass is 10.3. The summed E-state index contributed by atoms with van der Waals surface area (Å²) in [6.45, 7) is 1.43. The summed E-state index contributed by atoms with van der Waals surface area (Å²) < 4.78 is 7.11. The third kappa shape index (κ3) is 2.68. The van der Waals surface area contributed by atoms with Crippen molar-refractivity contribution in [2.45, 2.75) is 6.54 Å². The highest BCUT2D eigenvalue weighted by Gasteiger charge is 2.14. The van der Waals surface area contributed by atoms with E-state index < -0.39 is 0 Å². The summed E-state index contributed by atoms with van der Waals surface area (Å²) in [6, 6.07) is 3.55. The zero-order valence-electron chi connectivity index (χ0n) is 11.9. The maximum absolute atomic E-state index is 12.4. The van der Waals surface area contributed by atoms with E-state index in [-0.39, 0.29) is 16.8 Å². The fourth-order valence-electron chi connectivity index (χ4n) is 1.97. The van der Waals surface area contributed by atoms with Crippen molar-refractivity contribution in [2.24, 2.45) is 0 Å². The zero-order chi connectivity index (χ0) is 14.8. The molecule has 0 unspecified atom stereocenters. The lowest BCUT2D eigenvalue weighted by Gasteiger charge is -2.07. The van der Waals surface area contributed by atoms with E-state index in [4.69, 9.17) is 4.42 Å². The lowest BCUT2D eigenvalue weighted by Crippen LogP contribution is -3.06. The van der Waals surface area contributed by atoms with Crippen LogP contribution in [-0.2, 0) is 6.54 Å². The highest BCUT2D eigenvalue weighted by molar-refractivity contribution is 5.71. The molecule has 7 nitrogen and oxygen atoms in total. The number of oxazole rings is 1. The van der Waals surface area contributed by atoms with Crippen molar-refractivity contribution in [3.05, 3.63) is 41.2 Å². The Morgan fingerprint density at radius 2 is 2.05 bits per heavy atom. The Labute approximate surface area is 120 Å². The molecule has 0 spiro atoms. The number of aromatic nitrogens is 4. The van der Waals surface area contributed by atoms with Gasteiger partial charge in [0.05, 0.1) is 27.2 Å². The Morgan fingerprint density at radius 3 is 2.76 bits per heavy atom. The van der Waals surface area contributed by atoms with Crippen LogP contribution >= 0.6 is 0 Å². The van der Waals surface area contributed by atoms with E-state index in [1.807, 2.05) is 14.1 Å². The molecule has 1 N–H and O–H groups in total. The smallest absolute Gasteiger partial charge is 0.283 e. The van der Waals surface area contributed by atoms with E-state index in [0.717, 1.165) is 12.1 Å². The van der Waals surface area contributed by atoms with Gasteiger partial charge in [-0.2, -0.15) is 0 Å². The number of hydrogen-bond acceptors (Lipinski definition) is 5. The molecule has 0 aliphatic carbocycles. The molecule has 108 valence electrons. The van der Waals surface area contributed by atoms with Gasteiger partial charge in [-0.25, -0.2) is 9.97 Å². The summed E-state index contributed by atoms with van der Waals surface area (Å²) in [5, 5.41) is 0. The predicted octanol–water partition coefficient (Wildman–Crippen LogP) is -0.409. The van der Waals surface area contributed by atoms with Crippen LogP contribution in [0.25, 0.3) is 22.7 Å². The maximum Gasteiger partial charge on any atom is 0.283 e. The van der Waals surface area contributed by atoms with E-state index >= 15 is 0 Å². The molecule has 0 bridgehead atoms. The standard InChI is InChI=1S/C14H15N5O2/c1-18(2)7-8-19-9-16-13-11(14(19)20)17-12(21-13)10-3-5-15-6-4-10/h3-6,9H,7-8H2,1-2H3/p+1. The van der Waals surface area contributed by atoms with Crippen molar-refractivity contribution < 1.29 is 9.32 Å². The summed E-state index contributed by atoms with van der Waals surface area (Å²) in [4.78, 5) is 26.0. The van der Waals surface area contributed by atoms with Gasteiger partial charge in [-0.15, -0.1) is 0 Å². The van der Waals surface area contributed by atoms with Gasteiger partial charge in [-0.05, 0) is 12.1 Å². The third-order valence-electron chi connectivity index (χ3n) is 3.17. The first-order chi connectivity index (χ1) is 10.1. The van der Waals surface area contributed by atoms with Crippen LogP contribution in [0.5, 0.6) is 0 Å². The Balaban J connectivity index is 2.02. The molecule has 0 aromatic carbocycles. The van der Waals surface area contributed by atoms with Gasteiger partial charge in [0.15, 0.2) is 5.52 Å². The molecule has 0 aliphatic rings. The van der Waals surface area contributed by atoms with Crippen LogP contribution in [0.2, 0.25) is 0 Å². The first-order valence-corrected chi connectivity index (χ1v) is 6.70. The summed E-state index contributed by atoms with van der Waals surface area (Å²) >= 11 is 0. The van der Waals surface area contributed by atoms with Gasteiger partial charge < -0.3 is 9.32 Å². The molecule has 21 heavy (non-hydrogen) atoms. The quantitative estimate of drug-likeness (QED) is 0.705. The van der Waals surface area contributed by atoms with E-state index in [0.29, 0.717) is 12.4 Å². The number of likely N-dealkylation sites (N-methyl/N-ethyl adjacent to an activating group) is 1. The minimum Gasteiger partial charge on any atom is -0.417 e. The Bertz CT molecular complexity index is 807. The number of quaternary nitrogens is 1. The van der Waals surface area contributed by atoms with Crippen LogP contribution in [-0.4, -0.2) is 40.2 Å². The van der Waals surface area contributed by atoms with Crippen LogP contribution in [0.1, 0.15) is 0 Å². The van der Waals surface area contributed by atoms with Gasteiger partial charge in [-0.1, -0.05) is 0 Å². The molecule has 7 heteroatoms. The summed E-state index contributed by atoms with van der Waals surface area (Å²) in [5.74, 6) is 0.382. The molecule has 3 heterocycles. The highest BCUT2D eigenvalue weighted by atomic mass is 16.4. The van der Waals surface area contributed by atoms with Crippen molar-refractivity contribution in [2.75, 3.05) is 20.6 Å². The van der Waals surface area contributed by atoms with E-state index in [2.05, 4.69) is 15.0 Å². The fourth-order valence-corrected chi connectivity index (χ4v) is 1.97. The van der Waals surface area contributed by atoms with Gasteiger partial charge >= 0.3 is 0 Å². The monoisotopic (exact) mass is 286 g/mol. The molecule has 3 aromatic heterocycles. The zero-order valence-corrected chi connectivity index (χ0v) is 11.9. The highest BCUT2D eigenvalue weighted by Crippen LogP contribution is 2.20. The van der Waals surface area contributed by atoms with Crippen LogP contribution in [0.4, 0.5) is 0 Å². The lowest BCUT2D eigenvalue weighted by molar-refractivity contribution is -0.858. The van der Waals surface area contributed by atoms with Crippen LogP contribution in [0, 0.1) is 0 Å². The van der Waals surface area contributed by atoms with Crippen LogP contribution < -0.4 is 10.5 Å². The number of nitrogens with one attached hydrogen (secondary N) is 1. The van der Waals surface area contributed by atoms with Crippen molar-refractivity contribution >= 4 is 11.2 Å². The minimum atomic E-state index is -0.176. The number of nitrogens with zero attached hydrogens (tertiary/aromatic N) is 4. The maximum atomic E-state index is 12.4. The molecular formula is C14H16N5O2+. The second-order valence-electron chi connectivity index (χ2n) is 5.11. The normalized spacial score (nSPS) is 11.4. The minimum absolute atomic E-state index is 0.176. The average Bonchev–Trinajstić information content (AvgIpc) is 2.92. The Morgan fingerprint density at radius 1 is 1.29 bits per heavy atom. The summed E-state index contributed by atoms with van der Waals surface area (Å²) in [7, 11) is 4.07. The van der Waals surface area contributed by atoms with Gasteiger partial charge in [0.2, 0.25) is 5.89 Å². The molecule has 0 amide bonds. The van der Waals surface area contributed by atoms with Crippen molar-refractivity contribution in [3.63, 3.8) is 0 Å². The number of fused-ring (bicyclic) bond motifs is 1. The van der Waals surface area contributed by atoms with E-state index in [9.17, 15) is 4.79 Å². The first-order valence-electron chi connectivity index (χ1n) is 6.70. The Kier molecular flexibility index (Phi) is 3.49. The molecule has 0 radical (unpaired) electrons. The van der Waals surface area contributed by atoms with Gasteiger partial charge in [-0.3, -0.25) is 14.3 Å². The van der Waals surface area contributed by atoms with Crippen molar-refractivity contribution in [1.29, 1.82) is 0 Å². The van der Waals surface area contributed by atoms with Gasteiger partial charge in [0, 0.05) is 18.0 Å². The number of pyridine rings is 1. The number of hydrogen-bond donors (Lipinski definition) is 1. The number of rotatable bonds is 4. The van der Waals surface area contributed by atoms with E-state index in [1.54, 1.807) is 29.1 Å². The molecule has 0 fully saturated rings. The average molecular weight is 286 g/mol. The molecule has 3 rings (SSSR count). The van der Waals surface area contributed by atoms with Gasteiger partial charge in [0.1, 0.15) is 6.33 Å². The SMILES string of the molecule is C[NH+](C)CCn1cnc2oc(-c3ccncc3)nc2c1=O. The Hall–Kier alpha value is -2.54. The van der Waals surface area contributed by atoms with Crippen molar-refractivity contribution in [1.82, 2.24) is 19.5 Å². The predicted molar refractivity (Wildman–Crippen MR) is 77.0 cm³/mol. The second kappa shape index (κ2) is 5.45. The summed E-state index contributed by atoms with van der Waals surface area (Å²) in [5.41, 5.74) is 1.12. The summed E-state index contributed by atoms with van der Waals surface area (Å²) in [6.07, 6.45) is 4.81. The molecule has 3 aromatic rings. The topological polar surface area (TPSA) is 78.2 Å². The van der Waals surface area contributed by atoms with Gasteiger partial charge in [0.25, 0.3) is 11.3 Å². The van der Waals surface area contributed by atoms with Crippen LogP contribution in [0.3, 0.4) is 0 Å². The largest absolute Gasteiger partial charge is 0.417 e. The second-order valence-corrected chi connectivity index (χ2v) is 5.11. The molecule has 0 aliphatic heterocycles. The molecule has 0 saturated carbocycles. The van der Waals surface area contributed by atoms with Crippen LogP contribution in [0.15, 0.2) is 40.1 Å². The molecule has 0 saturated heterocycles.